The summed E-state index contributed by atoms with van der Waals surface area (Å²) in [6.07, 6.45) is -0.441. The molecule has 0 aliphatic carbocycles. The second-order valence-corrected chi connectivity index (χ2v) is 7.56. The summed E-state index contributed by atoms with van der Waals surface area (Å²) in [7, 11) is 0. The third kappa shape index (κ3) is 2.05. The quantitative estimate of drug-likeness (QED) is 0.634. The second kappa shape index (κ2) is 4.97. The molecule has 0 saturated heterocycles. The van der Waals surface area contributed by atoms with Gasteiger partial charge in [-0.25, -0.2) is 0 Å². The van der Waals surface area contributed by atoms with E-state index in [-0.39, 0.29) is 10.6 Å². The number of esters is 1. The van der Waals surface area contributed by atoms with Crippen LogP contribution in [0.4, 0.5) is 0 Å². The Morgan fingerprint density at radius 3 is 2.96 bits per heavy atom. The Kier molecular flexibility index (Phi) is 3.14. The Hall–Kier alpha value is -2.06. The molecule has 1 N–H and O–H groups in total. The summed E-state index contributed by atoms with van der Waals surface area (Å²) in [5.41, 5.74) is -0.527. The lowest BCUT2D eigenvalue weighted by molar-refractivity contribution is -0.308. The van der Waals surface area contributed by atoms with E-state index >= 15 is 0 Å². The highest BCUT2D eigenvalue weighted by Crippen LogP contribution is 2.58. The smallest absolute Gasteiger partial charge is 0.319 e. The van der Waals surface area contributed by atoms with Gasteiger partial charge in [0.2, 0.25) is 0 Å². The number of aliphatic carboxylic acids is 1. The third-order valence-electron chi connectivity index (χ3n) is 4.23. The molecule has 118 valence electrons. The molecule has 2 atom stereocenters. The number of carbonyl (C=O) groups excluding carboxylic acids is 2. The summed E-state index contributed by atoms with van der Waals surface area (Å²) in [6, 6.07) is 7.03. The minimum atomic E-state index is -1.31. The molecular weight excluding hydrogens is 338 g/mol. The van der Waals surface area contributed by atoms with E-state index in [0.29, 0.717) is 15.7 Å². The molecule has 0 fully saturated rings. The molecule has 1 aromatic carbocycles. The molecule has 0 radical (unpaired) electrons. The minimum Gasteiger partial charge on any atom is -0.550 e. The number of benzene rings is 1. The number of para-hydroxylation sites is 1. The van der Waals surface area contributed by atoms with Crippen molar-refractivity contribution >= 4 is 35.0 Å². The molecule has 23 heavy (non-hydrogen) atoms. The number of carbonyl (C=O) groups is 2. The van der Waals surface area contributed by atoms with Gasteiger partial charge in [0.05, 0.1) is 10.4 Å². The molecule has 0 unspecified atom stereocenters. The van der Waals surface area contributed by atoms with Crippen LogP contribution in [0.2, 0.25) is 0 Å². The zero-order valence-corrected chi connectivity index (χ0v) is 13.3. The lowest BCUT2D eigenvalue weighted by atomic mass is 9.68. The van der Waals surface area contributed by atoms with Crippen LogP contribution in [0.3, 0.4) is 0 Å². The van der Waals surface area contributed by atoms with Crippen molar-refractivity contribution in [3.8, 4) is 5.75 Å². The van der Waals surface area contributed by atoms with Crippen molar-refractivity contribution < 1.29 is 19.4 Å². The maximum atomic E-state index is 12.7. The number of carboxylic acid groups (broad SMARTS) is 1. The van der Waals surface area contributed by atoms with E-state index in [9.17, 15) is 19.5 Å². The SMILES string of the molecule is O=C([O-])C[C@]12CSc3[nH]c(=O)sc3[C@H]1c1ccccc1OC2=O. The lowest BCUT2D eigenvalue weighted by Crippen LogP contribution is -2.50. The highest BCUT2D eigenvalue weighted by Gasteiger charge is 2.56. The number of hydrogen-bond acceptors (Lipinski definition) is 7. The van der Waals surface area contributed by atoms with E-state index in [4.69, 9.17) is 4.74 Å². The number of thioether (sulfide) groups is 1. The molecule has 8 heteroatoms. The largest absolute Gasteiger partial charge is 0.550 e. The van der Waals surface area contributed by atoms with Crippen molar-refractivity contribution in [1.82, 2.24) is 4.98 Å². The molecule has 2 aliphatic rings. The van der Waals surface area contributed by atoms with E-state index in [1.165, 1.54) is 11.8 Å². The molecule has 1 aromatic heterocycles. The standard InChI is InChI=1S/C15H11NO5S2/c17-9(18)5-15-6-22-12-11(23-14(20)16-12)10(15)7-3-1-2-4-8(7)21-13(15)19/h1-4,10H,5-6H2,(H,16,20)(H,17,18)/p-1/t10-,15+/m1/s1. The number of hydrogen-bond donors (Lipinski definition) is 1. The predicted molar refractivity (Wildman–Crippen MR) is 81.6 cm³/mol. The van der Waals surface area contributed by atoms with Crippen LogP contribution >= 0.6 is 23.1 Å². The first-order chi connectivity index (χ1) is 11.0. The molecule has 2 aliphatic heterocycles. The van der Waals surface area contributed by atoms with Gasteiger partial charge in [-0.2, -0.15) is 0 Å². The predicted octanol–water partition coefficient (Wildman–Crippen LogP) is 0.719. The monoisotopic (exact) mass is 348 g/mol. The van der Waals surface area contributed by atoms with Gasteiger partial charge in [-0.1, -0.05) is 29.5 Å². The molecule has 2 aromatic rings. The Morgan fingerprint density at radius 2 is 2.17 bits per heavy atom. The van der Waals surface area contributed by atoms with E-state index < -0.39 is 29.7 Å². The average Bonchev–Trinajstić information content (AvgIpc) is 2.87. The van der Waals surface area contributed by atoms with Crippen LogP contribution in [-0.2, 0) is 9.59 Å². The second-order valence-electron chi connectivity index (χ2n) is 5.56. The molecule has 3 heterocycles. The number of ether oxygens (including phenoxy) is 1. The normalized spacial score (nSPS) is 25.0. The Bertz CT molecular complexity index is 886. The van der Waals surface area contributed by atoms with E-state index in [1.807, 2.05) is 0 Å². The Morgan fingerprint density at radius 1 is 1.39 bits per heavy atom. The van der Waals surface area contributed by atoms with Crippen molar-refractivity contribution in [1.29, 1.82) is 0 Å². The topological polar surface area (TPSA) is 99.3 Å². The number of rotatable bonds is 2. The van der Waals surface area contributed by atoms with Crippen molar-refractivity contribution in [2.24, 2.45) is 5.41 Å². The van der Waals surface area contributed by atoms with Gasteiger partial charge in [0.1, 0.15) is 5.75 Å². The van der Waals surface area contributed by atoms with E-state index in [2.05, 4.69) is 4.98 Å². The first-order valence-electron chi connectivity index (χ1n) is 6.88. The summed E-state index contributed by atoms with van der Waals surface area (Å²) in [5, 5.41) is 12.0. The molecule has 4 rings (SSSR count). The van der Waals surface area contributed by atoms with Gasteiger partial charge in [0.15, 0.2) is 0 Å². The lowest BCUT2D eigenvalue weighted by Gasteiger charge is -2.44. The summed E-state index contributed by atoms with van der Waals surface area (Å²) in [6.45, 7) is 0. The zero-order chi connectivity index (χ0) is 16.2. The number of nitrogens with one attached hydrogen (secondary N) is 1. The van der Waals surface area contributed by atoms with Gasteiger partial charge in [-0.15, -0.1) is 11.8 Å². The Balaban J connectivity index is 2.00. The molecule has 0 spiro atoms. The maximum absolute atomic E-state index is 12.7. The average molecular weight is 348 g/mol. The summed E-state index contributed by atoms with van der Waals surface area (Å²) in [4.78, 5) is 38.9. The highest BCUT2D eigenvalue weighted by molar-refractivity contribution is 7.99. The number of aromatic nitrogens is 1. The summed E-state index contributed by atoms with van der Waals surface area (Å²) < 4.78 is 5.40. The third-order valence-corrected chi connectivity index (χ3v) is 6.58. The first-order valence-corrected chi connectivity index (χ1v) is 8.68. The van der Waals surface area contributed by atoms with Crippen LogP contribution in [-0.4, -0.2) is 22.7 Å². The number of fused-ring (bicyclic) bond motifs is 5. The number of aromatic amines is 1. The van der Waals surface area contributed by atoms with Crippen molar-refractivity contribution in [2.75, 3.05) is 5.75 Å². The Labute approximate surface area is 138 Å². The van der Waals surface area contributed by atoms with Crippen LogP contribution in [0.5, 0.6) is 5.75 Å². The number of H-pyrrole nitrogens is 1. The molecule has 0 saturated carbocycles. The highest BCUT2D eigenvalue weighted by atomic mass is 32.2. The van der Waals surface area contributed by atoms with Gasteiger partial charge in [-0.05, 0) is 6.07 Å². The minimum absolute atomic E-state index is 0.219. The first kappa shape index (κ1) is 14.5. The molecule has 6 nitrogen and oxygen atoms in total. The maximum Gasteiger partial charge on any atom is 0.319 e. The van der Waals surface area contributed by atoms with Crippen LogP contribution < -0.4 is 14.7 Å². The van der Waals surface area contributed by atoms with Crippen molar-refractivity contribution in [2.45, 2.75) is 17.4 Å². The number of thiazole rings is 1. The molecule has 0 bridgehead atoms. The fraction of sp³-hybridized carbons (Fsp3) is 0.267. The van der Waals surface area contributed by atoms with Crippen LogP contribution in [0.15, 0.2) is 34.1 Å². The zero-order valence-electron chi connectivity index (χ0n) is 11.7. The van der Waals surface area contributed by atoms with Crippen molar-refractivity contribution in [3.05, 3.63) is 44.4 Å². The summed E-state index contributed by atoms with van der Waals surface area (Å²) >= 11 is 2.29. The fourth-order valence-electron chi connectivity index (χ4n) is 3.27. The van der Waals surface area contributed by atoms with Gasteiger partial charge in [0, 0.05) is 34.5 Å². The van der Waals surface area contributed by atoms with Crippen LogP contribution in [0.1, 0.15) is 22.8 Å². The molecule has 0 amide bonds. The van der Waals surface area contributed by atoms with Crippen molar-refractivity contribution in [3.63, 3.8) is 0 Å². The van der Waals surface area contributed by atoms with Crippen LogP contribution in [0, 0.1) is 5.41 Å². The summed E-state index contributed by atoms with van der Waals surface area (Å²) in [5.74, 6) is -1.77. The van der Waals surface area contributed by atoms with Crippen LogP contribution in [0.25, 0.3) is 0 Å². The van der Waals surface area contributed by atoms with Gasteiger partial charge < -0.3 is 19.6 Å². The number of carboxylic acids is 1. The van der Waals surface area contributed by atoms with Gasteiger partial charge in [-0.3, -0.25) is 9.59 Å². The van der Waals surface area contributed by atoms with Gasteiger partial charge in [0.25, 0.3) is 0 Å². The van der Waals surface area contributed by atoms with E-state index in [0.717, 1.165) is 16.9 Å². The van der Waals surface area contributed by atoms with Gasteiger partial charge >= 0.3 is 10.8 Å². The van der Waals surface area contributed by atoms with E-state index in [1.54, 1.807) is 24.3 Å². The fourth-order valence-corrected chi connectivity index (χ4v) is 5.82. The molecular formula is C15H10NO5S2-.